The summed E-state index contributed by atoms with van der Waals surface area (Å²) in [4.78, 5) is 12.8. The molecule has 64 valence electrons. The standard InChI is InChI=1S/C8H16N2O/c1-7(2)8(11)10(3)6-4-5-9/h1,4-6,9H2,2-3H3. The van der Waals surface area contributed by atoms with Gasteiger partial charge in [0.1, 0.15) is 0 Å². The Morgan fingerprint density at radius 1 is 1.64 bits per heavy atom. The molecule has 0 unspecified atom stereocenters. The molecule has 2 N–H and O–H groups in total. The molecule has 0 fully saturated rings. The van der Waals surface area contributed by atoms with Crippen molar-refractivity contribution in [2.75, 3.05) is 20.1 Å². The number of rotatable bonds is 4. The highest BCUT2D eigenvalue weighted by Gasteiger charge is 2.06. The van der Waals surface area contributed by atoms with Gasteiger partial charge < -0.3 is 10.6 Å². The van der Waals surface area contributed by atoms with Crippen molar-refractivity contribution in [1.82, 2.24) is 4.90 Å². The second-order valence-corrected chi connectivity index (χ2v) is 2.65. The van der Waals surface area contributed by atoms with Crippen LogP contribution in [0.25, 0.3) is 0 Å². The number of likely N-dealkylation sites (N-methyl/N-ethyl adjacent to an activating group) is 1. The molecule has 1 amide bonds. The first-order valence-electron chi connectivity index (χ1n) is 3.70. The van der Waals surface area contributed by atoms with Crippen LogP contribution in [-0.2, 0) is 4.79 Å². The largest absolute Gasteiger partial charge is 0.342 e. The van der Waals surface area contributed by atoms with Crippen molar-refractivity contribution >= 4 is 5.91 Å². The predicted molar refractivity (Wildman–Crippen MR) is 46.1 cm³/mol. The van der Waals surface area contributed by atoms with Crippen LogP contribution in [-0.4, -0.2) is 30.9 Å². The Labute approximate surface area is 67.9 Å². The van der Waals surface area contributed by atoms with Gasteiger partial charge in [-0.05, 0) is 19.9 Å². The molecule has 0 aromatic carbocycles. The Morgan fingerprint density at radius 2 is 2.18 bits per heavy atom. The Morgan fingerprint density at radius 3 is 2.55 bits per heavy atom. The zero-order chi connectivity index (χ0) is 8.85. The van der Waals surface area contributed by atoms with E-state index in [0.29, 0.717) is 18.7 Å². The van der Waals surface area contributed by atoms with Gasteiger partial charge in [0, 0.05) is 19.2 Å². The van der Waals surface area contributed by atoms with Gasteiger partial charge >= 0.3 is 0 Å². The second-order valence-electron chi connectivity index (χ2n) is 2.65. The first-order valence-corrected chi connectivity index (χ1v) is 3.70. The molecule has 0 atom stereocenters. The van der Waals surface area contributed by atoms with E-state index >= 15 is 0 Å². The monoisotopic (exact) mass is 156 g/mol. The molecule has 0 bridgehead atoms. The summed E-state index contributed by atoms with van der Waals surface area (Å²) in [5, 5.41) is 0. The van der Waals surface area contributed by atoms with Gasteiger partial charge in [0.25, 0.3) is 0 Å². The molecule has 0 saturated heterocycles. The number of nitrogens with zero attached hydrogens (tertiary/aromatic N) is 1. The van der Waals surface area contributed by atoms with Crippen molar-refractivity contribution in [2.24, 2.45) is 5.73 Å². The van der Waals surface area contributed by atoms with Crippen LogP contribution in [0, 0.1) is 0 Å². The molecule has 0 aliphatic rings. The first kappa shape index (κ1) is 10.2. The third kappa shape index (κ3) is 3.78. The van der Waals surface area contributed by atoms with E-state index in [9.17, 15) is 4.79 Å². The SMILES string of the molecule is C=C(C)C(=O)N(C)CCCN. The maximum absolute atomic E-state index is 11.1. The molecule has 3 heteroatoms. The van der Waals surface area contributed by atoms with Gasteiger partial charge in [-0.2, -0.15) is 0 Å². The van der Waals surface area contributed by atoms with Crippen LogP contribution in [0.2, 0.25) is 0 Å². The third-order valence-corrected chi connectivity index (χ3v) is 1.41. The molecule has 0 spiro atoms. The molecule has 0 heterocycles. The summed E-state index contributed by atoms with van der Waals surface area (Å²) in [7, 11) is 1.76. The maximum atomic E-state index is 11.1. The summed E-state index contributed by atoms with van der Waals surface area (Å²) in [6, 6.07) is 0. The highest BCUT2D eigenvalue weighted by molar-refractivity contribution is 5.91. The van der Waals surface area contributed by atoms with E-state index in [1.807, 2.05) is 0 Å². The quantitative estimate of drug-likeness (QED) is 0.598. The van der Waals surface area contributed by atoms with E-state index in [4.69, 9.17) is 5.73 Å². The first-order chi connectivity index (χ1) is 5.09. The fourth-order valence-electron chi connectivity index (χ4n) is 0.756. The Hall–Kier alpha value is -0.830. The predicted octanol–water partition coefficient (Wildman–Crippen LogP) is 0.370. The fraction of sp³-hybridized carbons (Fsp3) is 0.625. The van der Waals surface area contributed by atoms with Crippen LogP contribution in [0.1, 0.15) is 13.3 Å². The van der Waals surface area contributed by atoms with E-state index in [0.717, 1.165) is 6.42 Å². The average Bonchev–Trinajstić information content (AvgIpc) is 1.98. The topological polar surface area (TPSA) is 46.3 Å². The van der Waals surface area contributed by atoms with Crippen LogP contribution in [0.15, 0.2) is 12.2 Å². The lowest BCUT2D eigenvalue weighted by Gasteiger charge is -2.15. The van der Waals surface area contributed by atoms with E-state index < -0.39 is 0 Å². The van der Waals surface area contributed by atoms with Gasteiger partial charge in [0.05, 0.1) is 0 Å². The third-order valence-electron chi connectivity index (χ3n) is 1.41. The lowest BCUT2D eigenvalue weighted by atomic mass is 10.3. The van der Waals surface area contributed by atoms with Gasteiger partial charge in [-0.1, -0.05) is 6.58 Å². The minimum atomic E-state index is -0.00144. The molecule has 0 aromatic heterocycles. The smallest absolute Gasteiger partial charge is 0.248 e. The van der Waals surface area contributed by atoms with Crippen LogP contribution in [0.3, 0.4) is 0 Å². The van der Waals surface area contributed by atoms with Crippen LogP contribution < -0.4 is 5.73 Å². The maximum Gasteiger partial charge on any atom is 0.248 e. The Bertz CT molecular complexity index is 154. The number of hydrogen-bond acceptors (Lipinski definition) is 2. The van der Waals surface area contributed by atoms with Gasteiger partial charge in [0.15, 0.2) is 0 Å². The summed E-state index contributed by atoms with van der Waals surface area (Å²) in [6.45, 7) is 6.60. The summed E-state index contributed by atoms with van der Waals surface area (Å²) >= 11 is 0. The van der Waals surface area contributed by atoms with Crippen molar-refractivity contribution in [3.8, 4) is 0 Å². The van der Waals surface area contributed by atoms with Crippen LogP contribution >= 0.6 is 0 Å². The molecular formula is C8H16N2O. The molecule has 0 saturated carbocycles. The summed E-state index contributed by atoms with van der Waals surface area (Å²) < 4.78 is 0. The van der Waals surface area contributed by atoms with Crippen molar-refractivity contribution in [3.05, 3.63) is 12.2 Å². The molecule has 0 rings (SSSR count). The minimum absolute atomic E-state index is 0.00144. The summed E-state index contributed by atoms with van der Waals surface area (Å²) in [5.74, 6) is -0.00144. The molecule has 3 nitrogen and oxygen atoms in total. The van der Waals surface area contributed by atoms with E-state index in [2.05, 4.69) is 6.58 Å². The van der Waals surface area contributed by atoms with Gasteiger partial charge in [0.2, 0.25) is 5.91 Å². The normalized spacial score (nSPS) is 9.36. The van der Waals surface area contributed by atoms with Crippen molar-refractivity contribution in [1.29, 1.82) is 0 Å². The fourth-order valence-corrected chi connectivity index (χ4v) is 0.756. The van der Waals surface area contributed by atoms with Crippen molar-refractivity contribution in [3.63, 3.8) is 0 Å². The van der Waals surface area contributed by atoms with Gasteiger partial charge in [-0.15, -0.1) is 0 Å². The zero-order valence-electron chi connectivity index (χ0n) is 7.26. The minimum Gasteiger partial charge on any atom is -0.342 e. The highest BCUT2D eigenvalue weighted by Crippen LogP contribution is 1.95. The lowest BCUT2D eigenvalue weighted by Crippen LogP contribution is -2.29. The molecular weight excluding hydrogens is 140 g/mol. The van der Waals surface area contributed by atoms with Crippen molar-refractivity contribution in [2.45, 2.75) is 13.3 Å². The van der Waals surface area contributed by atoms with Crippen LogP contribution in [0.5, 0.6) is 0 Å². The summed E-state index contributed by atoms with van der Waals surface area (Å²) in [6.07, 6.45) is 0.843. The van der Waals surface area contributed by atoms with E-state index in [-0.39, 0.29) is 5.91 Å². The zero-order valence-corrected chi connectivity index (χ0v) is 7.26. The molecule has 0 aliphatic carbocycles. The van der Waals surface area contributed by atoms with Crippen molar-refractivity contribution < 1.29 is 4.79 Å². The molecule has 0 radical (unpaired) electrons. The molecule has 0 aliphatic heterocycles. The average molecular weight is 156 g/mol. The number of hydrogen-bond donors (Lipinski definition) is 1. The second kappa shape index (κ2) is 4.91. The number of nitrogens with two attached hydrogens (primary N) is 1. The van der Waals surface area contributed by atoms with Crippen LogP contribution in [0.4, 0.5) is 0 Å². The molecule has 0 aromatic rings. The van der Waals surface area contributed by atoms with E-state index in [1.54, 1.807) is 18.9 Å². The molecule has 11 heavy (non-hydrogen) atoms. The number of carbonyl (C=O) groups is 1. The summed E-state index contributed by atoms with van der Waals surface area (Å²) in [5.41, 5.74) is 5.87. The highest BCUT2D eigenvalue weighted by atomic mass is 16.2. The van der Waals surface area contributed by atoms with Gasteiger partial charge in [-0.25, -0.2) is 0 Å². The number of amides is 1. The van der Waals surface area contributed by atoms with Gasteiger partial charge in [-0.3, -0.25) is 4.79 Å². The number of carbonyl (C=O) groups excluding carboxylic acids is 1. The Balaban J connectivity index is 3.73. The Kier molecular flexibility index (Phi) is 4.54. The van der Waals surface area contributed by atoms with E-state index in [1.165, 1.54) is 0 Å². The lowest BCUT2D eigenvalue weighted by molar-refractivity contribution is -0.125.